The molecular weight excluding hydrogens is 380 g/mol. The molecule has 0 bridgehead atoms. The molecule has 1 atom stereocenters. The fourth-order valence-corrected chi connectivity index (χ4v) is 4.16. The number of benzene rings is 1. The van der Waals surface area contributed by atoms with Crippen LogP contribution in [0.5, 0.6) is 5.75 Å². The third kappa shape index (κ3) is 4.01. The van der Waals surface area contributed by atoms with Crippen molar-refractivity contribution in [3.63, 3.8) is 0 Å². The minimum absolute atomic E-state index is 0.100. The van der Waals surface area contributed by atoms with Crippen LogP contribution in [0, 0.1) is 12.8 Å². The van der Waals surface area contributed by atoms with Gasteiger partial charge in [0.15, 0.2) is 5.82 Å². The number of piperidine rings is 1. The van der Waals surface area contributed by atoms with Gasteiger partial charge in [0.25, 0.3) is 5.91 Å². The predicted molar refractivity (Wildman–Crippen MR) is 113 cm³/mol. The predicted octanol–water partition coefficient (Wildman–Crippen LogP) is 3.90. The first-order valence-electron chi connectivity index (χ1n) is 10.7. The van der Waals surface area contributed by atoms with E-state index in [1.54, 1.807) is 25.4 Å². The number of hydrogen-bond donors (Lipinski definition) is 1. The highest BCUT2D eigenvalue weighted by Gasteiger charge is 2.36. The molecule has 7 nitrogen and oxygen atoms in total. The van der Waals surface area contributed by atoms with Gasteiger partial charge in [0.2, 0.25) is 5.91 Å². The van der Waals surface area contributed by atoms with Gasteiger partial charge in [-0.05, 0) is 51.2 Å². The van der Waals surface area contributed by atoms with Crippen LogP contribution >= 0.6 is 0 Å². The van der Waals surface area contributed by atoms with Crippen molar-refractivity contribution in [1.29, 1.82) is 0 Å². The summed E-state index contributed by atoms with van der Waals surface area (Å²) in [5.41, 5.74) is 1.62. The normalized spacial score (nSPS) is 19.1. The number of aromatic nitrogens is 2. The van der Waals surface area contributed by atoms with Crippen molar-refractivity contribution in [2.75, 3.05) is 19.0 Å². The number of rotatable bonds is 5. The van der Waals surface area contributed by atoms with E-state index in [0.717, 1.165) is 45.1 Å². The van der Waals surface area contributed by atoms with Gasteiger partial charge < -0.3 is 15.0 Å². The Balaban J connectivity index is 1.53. The minimum atomic E-state index is -0.283. The lowest BCUT2D eigenvalue weighted by atomic mass is 9.83. The van der Waals surface area contributed by atoms with Crippen LogP contribution in [0.25, 0.3) is 0 Å². The quantitative estimate of drug-likeness (QED) is 0.811. The van der Waals surface area contributed by atoms with Crippen molar-refractivity contribution in [2.45, 2.75) is 51.5 Å². The molecule has 1 N–H and O–H groups in total. The molecule has 1 aromatic heterocycles. The van der Waals surface area contributed by atoms with Gasteiger partial charge in [-0.15, -0.1) is 0 Å². The third-order valence-corrected chi connectivity index (χ3v) is 6.14. The summed E-state index contributed by atoms with van der Waals surface area (Å²) in [6, 6.07) is 7.16. The minimum Gasteiger partial charge on any atom is -0.495 e. The van der Waals surface area contributed by atoms with Crippen LogP contribution in [0.3, 0.4) is 0 Å². The highest BCUT2D eigenvalue weighted by atomic mass is 16.5. The smallest absolute Gasteiger partial charge is 0.259 e. The van der Waals surface area contributed by atoms with Crippen LogP contribution in [0.4, 0.5) is 5.69 Å². The van der Waals surface area contributed by atoms with Gasteiger partial charge in [-0.2, -0.15) is 0 Å². The molecule has 1 saturated heterocycles. The summed E-state index contributed by atoms with van der Waals surface area (Å²) in [5.74, 6) is 1.35. The molecule has 1 aliphatic carbocycles. The van der Waals surface area contributed by atoms with Crippen molar-refractivity contribution in [2.24, 2.45) is 5.92 Å². The van der Waals surface area contributed by atoms with E-state index in [1.165, 1.54) is 0 Å². The maximum atomic E-state index is 12.9. The summed E-state index contributed by atoms with van der Waals surface area (Å²) in [5, 5.41) is 2.87. The number of nitrogens with one attached hydrogen (secondary N) is 1. The maximum absolute atomic E-state index is 12.9. The van der Waals surface area contributed by atoms with Gasteiger partial charge >= 0.3 is 0 Å². The van der Waals surface area contributed by atoms with Crippen molar-refractivity contribution in [1.82, 2.24) is 14.9 Å². The molecule has 1 aliphatic heterocycles. The van der Waals surface area contributed by atoms with E-state index in [4.69, 9.17) is 4.74 Å². The largest absolute Gasteiger partial charge is 0.495 e. The summed E-state index contributed by atoms with van der Waals surface area (Å²) in [6.45, 7) is 2.57. The zero-order chi connectivity index (χ0) is 21.1. The first kappa shape index (κ1) is 20.3. The maximum Gasteiger partial charge on any atom is 0.259 e. The zero-order valence-corrected chi connectivity index (χ0v) is 17.6. The summed E-state index contributed by atoms with van der Waals surface area (Å²) in [6.07, 6.45) is 7.63. The number of carbonyl (C=O) groups excluding carboxylic acids is 2. The Kier molecular flexibility index (Phi) is 5.97. The Bertz CT molecular complexity index is 942. The molecule has 1 saturated carbocycles. The highest BCUT2D eigenvalue weighted by Crippen LogP contribution is 2.35. The zero-order valence-electron chi connectivity index (χ0n) is 17.6. The van der Waals surface area contributed by atoms with Gasteiger partial charge in [0.1, 0.15) is 5.75 Å². The number of ether oxygens (including phenoxy) is 1. The van der Waals surface area contributed by atoms with Crippen molar-refractivity contribution in [3.05, 3.63) is 47.5 Å². The standard InChI is InChI=1S/C23H28N4O3/c1-15-17(22(28)26-18-10-3-4-12-20(18)30-2)14-24-21(25-15)19-11-5-6-13-27(19)23(29)16-8-7-9-16/h3-4,10,12,14,16,19H,5-9,11,13H2,1-2H3,(H,26,28). The lowest BCUT2D eigenvalue weighted by molar-refractivity contribution is -0.142. The first-order chi connectivity index (χ1) is 14.6. The average Bonchev–Trinajstić information content (AvgIpc) is 2.72. The Morgan fingerprint density at radius 2 is 1.93 bits per heavy atom. The van der Waals surface area contributed by atoms with Gasteiger partial charge in [-0.1, -0.05) is 18.6 Å². The van der Waals surface area contributed by atoms with E-state index < -0.39 is 0 Å². The van der Waals surface area contributed by atoms with Crippen LogP contribution in [-0.4, -0.2) is 40.3 Å². The van der Waals surface area contributed by atoms with Gasteiger partial charge in [-0.25, -0.2) is 9.97 Å². The third-order valence-electron chi connectivity index (χ3n) is 6.14. The van der Waals surface area contributed by atoms with Crippen LogP contribution in [0.1, 0.15) is 66.4 Å². The van der Waals surface area contributed by atoms with E-state index in [0.29, 0.717) is 28.5 Å². The van der Waals surface area contributed by atoms with E-state index in [1.807, 2.05) is 24.0 Å². The molecule has 30 heavy (non-hydrogen) atoms. The fourth-order valence-electron chi connectivity index (χ4n) is 4.16. The van der Waals surface area contributed by atoms with Crippen LogP contribution in [0.15, 0.2) is 30.5 Å². The SMILES string of the molecule is COc1ccccc1NC(=O)c1cnc(C2CCCCN2C(=O)C2CCC2)nc1C. The number of anilines is 1. The van der Waals surface area contributed by atoms with Crippen molar-refractivity contribution < 1.29 is 14.3 Å². The molecule has 7 heteroatoms. The van der Waals surface area contributed by atoms with E-state index in [2.05, 4.69) is 15.3 Å². The second-order valence-electron chi connectivity index (χ2n) is 8.05. The van der Waals surface area contributed by atoms with Crippen molar-refractivity contribution in [3.8, 4) is 5.75 Å². The van der Waals surface area contributed by atoms with E-state index >= 15 is 0 Å². The molecule has 1 aromatic carbocycles. The summed E-state index contributed by atoms with van der Waals surface area (Å²) < 4.78 is 5.29. The monoisotopic (exact) mass is 408 g/mol. The molecule has 0 spiro atoms. The van der Waals surface area contributed by atoms with E-state index in [-0.39, 0.29) is 23.8 Å². The second kappa shape index (κ2) is 8.81. The van der Waals surface area contributed by atoms with E-state index in [9.17, 15) is 9.59 Å². The number of amides is 2. The van der Waals surface area contributed by atoms with Crippen LogP contribution in [0.2, 0.25) is 0 Å². The Morgan fingerprint density at radius 3 is 2.63 bits per heavy atom. The number of carbonyl (C=O) groups is 2. The number of aryl methyl sites for hydroxylation is 1. The summed E-state index contributed by atoms with van der Waals surface area (Å²) in [7, 11) is 1.56. The lowest BCUT2D eigenvalue weighted by Gasteiger charge is -2.39. The molecule has 0 radical (unpaired) electrons. The molecule has 158 valence electrons. The molecule has 2 aromatic rings. The topological polar surface area (TPSA) is 84.4 Å². The molecule has 1 unspecified atom stereocenters. The van der Waals surface area contributed by atoms with Crippen LogP contribution in [-0.2, 0) is 4.79 Å². The second-order valence-corrected chi connectivity index (χ2v) is 8.05. The molecule has 2 amide bonds. The number of methoxy groups -OCH3 is 1. The van der Waals surface area contributed by atoms with Crippen LogP contribution < -0.4 is 10.1 Å². The van der Waals surface area contributed by atoms with Crippen molar-refractivity contribution >= 4 is 17.5 Å². The molecule has 2 aliphatic rings. The highest BCUT2D eigenvalue weighted by molar-refractivity contribution is 6.05. The molecule has 4 rings (SSSR count). The molecule has 2 heterocycles. The lowest BCUT2D eigenvalue weighted by Crippen LogP contribution is -2.44. The number of nitrogens with zero attached hydrogens (tertiary/aromatic N) is 3. The summed E-state index contributed by atoms with van der Waals surface area (Å²) in [4.78, 5) is 36.8. The Morgan fingerprint density at radius 1 is 1.13 bits per heavy atom. The van der Waals surface area contributed by atoms with Gasteiger partial charge in [-0.3, -0.25) is 9.59 Å². The number of hydrogen-bond acceptors (Lipinski definition) is 5. The first-order valence-corrected chi connectivity index (χ1v) is 10.7. The number of para-hydroxylation sites is 2. The molecule has 2 fully saturated rings. The van der Waals surface area contributed by atoms with Gasteiger partial charge in [0, 0.05) is 18.7 Å². The summed E-state index contributed by atoms with van der Waals surface area (Å²) >= 11 is 0. The average molecular weight is 409 g/mol. The van der Waals surface area contributed by atoms with Gasteiger partial charge in [0.05, 0.1) is 30.1 Å². The Labute approximate surface area is 176 Å². The number of likely N-dealkylation sites (tertiary alicyclic amines) is 1. The molecular formula is C23H28N4O3. The Hall–Kier alpha value is -2.96. The fraction of sp³-hybridized carbons (Fsp3) is 0.478.